The van der Waals surface area contributed by atoms with Crippen LogP contribution in [0.25, 0.3) is 10.8 Å². The lowest BCUT2D eigenvalue weighted by Crippen LogP contribution is -2.43. The Hall–Kier alpha value is -5.29. The first-order chi connectivity index (χ1) is 19.8. The van der Waals surface area contributed by atoms with Gasteiger partial charge < -0.3 is 20.1 Å². The van der Waals surface area contributed by atoms with E-state index in [0.717, 1.165) is 10.8 Å². The van der Waals surface area contributed by atoms with Gasteiger partial charge in [-0.2, -0.15) is 0 Å². The summed E-state index contributed by atoms with van der Waals surface area (Å²) in [5.41, 5.74) is 0.0713. The molecule has 0 bridgehead atoms. The number of benzene rings is 3. The average molecular weight is 569 g/mol. The number of esters is 1. The summed E-state index contributed by atoms with van der Waals surface area (Å²) in [6, 6.07) is 22.1. The molecule has 2 heterocycles. The Balaban J connectivity index is 1.20. The number of hydrogen-bond acceptors (Lipinski definition) is 8. The number of fused-ring (bicyclic) bond motifs is 1. The second-order valence-electron chi connectivity index (χ2n) is 8.84. The zero-order valence-electron chi connectivity index (χ0n) is 21.7. The Labute approximate surface area is 235 Å². The first kappa shape index (κ1) is 27.3. The van der Waals surface area contributed by atoms with Crippen LogP contribution in [0.2, 0.25) is 0 Å². The molecule has 5 rings (SSSR count). The number of nitrogens with one attached hydrogen (secondary N) is 2. The first-order valence-corrected chi connectivity index (χ1v) is 13.9. The van der Waals surface area contributed by atoms with Crippen LogP contribution in [0.5, 0.6) is 17.4 Å². The molecule has 0 saturated heterocycles. The molecular formula is C30H24N4O6S. The third-order valence-electron chi connectivity index (χ3n) is 5.96. The van der Waals surface area contributed by atoms with Gasteiger partial charge in [-0.1, -0.05) is 30.3 Å². The molecule has 0 aliphatic heterocycles. The van der Waals surface area contributed by atoms with Crippen molar-refractivity contribution in [3.8, 4) is 17.4 Å². The normalized spacial score (nSPS) is 11.8. The van der Waals surface area contributed by atoms with Gasteiger partial charge in [-0.3, -0.25) is 4.98 Å². The molecule has 2 N–H and O–H groups in total. The van der Waals surface area contributed by atoms with Crippen LogP contribution in [-0.2, 0) is 14.6 Å². The van der Waals surface area contributed by atoms with Crippen molar-refractivity contribution >= 4 is 38.3 Å². The topological polar surface area (TPSA) is 137 Å². The second-order valence-corrected chi connectivity index (χ2v) is 10.8. The van der Waals surface area contributed by atoms with Crippen LogP contribution in [0.3, 0.4) is 0 Å². The van der Waals surface area contributed by atoms with E-state index in [1.54, 1.807) is 79.3 Å². The van der Waals surface area contributed by atoms with Crippen molar-refractivity contribution in [2.24, 2.45) is 0 Å². The van der Waals surface area contributed by atoms with E-state index in [2.05, 4.69) is 20.6 Å². The minimum atomic E-state index is -3.89. The van der Waals surface area contributed by atoms with Crippen molar-refractivity contribution in [1.29, 1.82) is 0 Å². The van der Waals surface area contributed by atoms with Gasteiger partial charge in [-0.25, -0.2) is 23.0 Å². The van der Waals surface area contributed by atoms with Crippen molar-refractivity contribution in [1.82, 2.24) is 15.3 Å². The summed E-state index contributed by atoms with van der Waals surface area (Å²) < 4.78 is 37.5. The molecule has 11 heteroatoms. The highest BCUT2D eigenvalue weighted by Gasteiger charge is 2.23. The molecule has 10 nitrogen and oxygen atoms in total. The van der Waals surface area contributed by atoms with Gasteiger partial charge in [0.1, 0.15) is 17.5 Å². The molecule has 0 aliphatic rings. The number of anilines is 1. The molecule has 0 saturated carbocycles. The van der Waals surface area contributed by atoms with Crippen molar-refractivity contribution in [3.05, 3.63) is 110 Å². The molecule has 0 aliphatic carbocycles. The predicted molar refractivity (Wildman–Crippen MR) is 152 cm³/mol. The van der Waals surface area contributed by atoms with Gasteiger partial charge in [-0.15, -0.1) is 0 Å². The van der Waals surface area contributed by atoms with E-state index in [0.29, 0.717) is 11.6 Å². The van der Waals surface area contributed by atoms with Crippen molar-refractivity contribution in [3.63, 3.8) is 0 Å². The SMILES string of the molecule is C[C@H](NC(=O)Nc1ccccc1S(=O)(=O)c1ccccc1)C(=O)Oc1ccc(Oc2nccc3cnccc23)cc1. The highest BCUT2D eigenvalue weighted by molar-refractivity contribution is 7.91. The minimum Gasteiger partial charge on any atom is -0.438 e. The Kier molecular flexibility index (Phi) is 7.88. The number of nitrogens with zero attached hydrogens (tertiary/aromatic N) is 2. The van der Waals surface area contributed by atoms with Crippen LogP contribution in [0.1, 0.15) is 6.92 Å². The van der Waals surface area contributed by atoms with E-state index in [-0.39, 0.29) is 21.2 Å². The van der Waals surface area contributed by atoms with E-state index in [1.165, 1.54) is 31.2 Å². The molecule has 0 radical (unpaired) electrons. The van der Waals surface area contributed by atoms with Gasteiger partial charge in [0.25, 0.3) is 0 Å². The lowest BCUT2D eigenvalue weighted by Gasteiger charge is -2.16. The number of para-hydroxylation sites is 1. The number of pyridine rings is 2. The maximum absolute atomic E-state index is 13.1. The second kappa shape index (κ2) is 11.8. The fourth-order valence-electron chi connectivity index (χ4n) is 3.91. The molecule has 206 valence electrons. The summed E-state index contributed by atoms with van der Waals surface area (Å²) in [6.45, 7) is 1.45. The largest absolute Gasteiger partial charge is 0.438 e. The molecule has 5 aromatic rings. The van der Waals surface area contributed by atoms with Gasteiger partial charge in [-0.05, 0) is 67.6 Å². The Morgan fingerprint density at radius 3 is 2.32 bits per heavy atom. The maximum atomic E-state index is 13.1. The molecule has 2 amide bonds. The number of hydrogen-bond donors (Lipinski definition) is 2. The fraction of sp³-hybridized carbons (Fsp3) is 0.0667. The monoisotopic (exact) mass is 568 g/mol. The number of sulfone groups is 1. The number of aromatic nitrogens is 2. The van der Waals surface area contributed by atoms with Crippen LogP contribution in [0.15, 0.2) is 119 Å². The molecule has 0 fully saturated rings. The first-order valence-electron chi connectivity index (χ1n) is 12.5. The Morgan fingerprint density at radius 1 is 0.829 bits per heavy atom. The molecule has 2 aromatic heterocycles. The predicted octanol–water partition coefficient (Wildman–Crippen LogP) is 5.37. The zero-order valence-corrected chi connectivity index (χ0v) is 22.5. The van der Waals surface area contributed by atoms with Gasteiger partial charge >= 0.3 is 12.0 Å². The average Bonchev–Trinajstić information content (AvgIpc) is 2.99. The number of urea groups is 1. The molecule has 0 unspecified atom stereocenters. The van der Waals surface area contributed by atoms with Crippen LogP contribution in [-0.4, -0.2) is 36.4 Å². The van der Waals surface area contributed by atoms with Crippen LogP contribution in [0, 0.1) is 0 Å². The number of carbonyl (C=O) groups excluding carboxylic acids is 2. The third-order valence-corrected chi connectivity index (χ3v) is 7.79. The number of amides is 2. The van der Waals surface area contributed by atoms with Gasteiger partial charge in [0.2, 0.25) is 15.7 Å². The van der Waals surface area contributed by atoms with Gasteiger partial charge in [0.15, 0.2) is 0 Å². The molecule has 3 aromatic carbocycles. The van der Waals surface area contributed by atoms with Gasteiger partial charge in [0, 0.05) is 29.4 Å². The quantitative estimate of drug-likeness (QED) is 0.188. The number of ether oxygens (including phenoxy) is 2. The highest BCUT2D eigenvalue weighted by Crippen LogP contribution is 2.29. The van der Waals surface area contributed by atoms with Crippen LogP contribution >= 0.6 is 0 Å². The third kappa shape index (κ3) is 6.31. The van der Waals surface area contributed by atoms with Crippen LogP contribution in [0.4, 0.5) is 10.5 Å². The summed E-state index contributed by atoms with van der Waals surface area (Å²) >= 11 is 0. The highest BCUT2D eigenvalue weighted by atomic mass is 32.2. The standard InChI is InChI=1S/C30H24N4O6S/c1-20(33-30(36)34-26-9-5-6-10-27(26)41(37,38)24-7-3-2-4-8-24)29(35)40-23-13-11-22(12-14-23)39-28-25-16-17-31-19-21(25)15-18-32-28/h2-20H,1H3,(H2,33,34,36)/t20-/m0/s1. The van der Waals surface area contributed by atoms with Gasteiger partial charge in [0.05, 0.1) is 15.5 Å². The maximum Gasteiger partial charge on any atom is 0.333 e. The number of rotatable bonds is 8. The lowest BCUT2D eigenvalue weighted by atomic mass is 10.2. The molecule has 41 heavy (non-hydrogen) atoms. The summed E-state index contributed by atoms with van der Waals surface area (Å²) in [5.74, 6) is 0.418. The summed E-state index contributed by atoms with van der Waals surface area (Å²) in [4.78, 5) is 33.7. The minimum absolute atomic E-state index is 0.0713. The zero-order chi connectivity index (χ0) is 28.8. The molecule has 1 atom stereocenters. The summed E-state index contributed by atoms with van der Waals surface area (Å²) in [7, 11) is -3.89. The fourth-order valence-corrected chi connectivity index (χ4v) is 5.34. The summed E-state index contributed by atoms with van der Waals surface area (Å²) in [6.07, 6.45) is 4.99. The summed E-state index contributed by atoms with van der Waals surface area (Å²) in [5, 5.41) is 6.67. The van der Waals surface area contributed by atoms with Crippen molar-refractivity contribution < 1.29 is 27.5 Å². The number of carbonyl (C=O) groups is 2. The van der Waals surface area contributed by atoms with Crippen molar-refractivity contribution in [2.75, 3.05) is 5.32 Å². The molecular weight excluding hydrogens is 544 g/mol. The lowest BCUT2D eigenvalue weighted by molar-refractivity contribution is -0.136. The van der Waals surface area contributed by atoms with Crippen LogP contribution < -0.4 is 20.1 Å². The van der Waals surface area contributed by atoms with E-state index >= 15 is 0 Å². The Bertz CT molecular complexity index is 1810. The van der Waals surface area contributed by atoms with E-state index in [9.17, 15) is 18.0 Å². The van der Waals surface area contributed by atoms with E-state index in [4.69, 9.17) is 9.47 Å². The smallest absolute Gasteiger partial charge is 0.333 e. The Morgan fingerprint density at radius 2 is 1.54 bits per heavy atom. The van der Waals surface area contributed by atoms with E-state index < -0.39 is 27.9 Å². The molecule has 0 spiro atoms. The van der Waals surface area contributed by atoms with E-state index in [1.807, 2.05) is 6.07 Å². The van der Waals surface area contributed by atoms with Crippen molar-refractivity contribution in [2.45, 2.75) is 22.8 Å².